The van der Waals surface area contributed by atoms with Crippen LogP contribution in [0.2, 0.25) is 0 Å². The zero-order valence-corrected chi connectivity index (χ0v) is 9.27. The van der Waals surface area contributed by atoms with Crippen molar-refractivity contribution in [3.05, 3.63) is 42.2 Å². The van der Waals surface area contributed by atoms with Crippen molar-refractivity contribution < 1.29 is 19.4 Å². The molecule has 0 aliphatic rings. The molecule has 1 rings (SSSR count). The van der Waals surface area contributed by atoms with Crippen LogP contribution in [0, 0.1) is 5.82 Å². The van der Waals surface area contributed by atoms with E-state index in [0.717, 1.165) is 6.07 Å². The molecule has 1 aromatic rings. The number of benzene rings is 1. The summed E-state index contributed by atoms with van der Waals surface area (Å²) in [5.41, 5.74) is 0.151. The third-order valence-electron chi connectivity index (χ3n) is 2.25. The maximum atomic E-state index is 13.7. The molecule has 0 aliphatic heterocycles. The first-order valence-electron chi connectivity index (χ1n) is 5.09. The van der Waals surface area contributed by atoms with Gasteiger partial charge in [0.05, 0.1) is 17.9 Å². The molecule has 0 aliphatic carbocycles. The van der Waals surface area contributed by atoms with Crippen LogP contribution >= 0.6 is 0 Å². The Morgan fingerprint density at radius 1 is 1.53 bits per heavy atom. The minimum Gasteiger partial charge on any atom is -0.478 e. The Hall–Kier alpha value is -1.88. The smallest absolute Gasteiger partial charge is 0.335 e. The summed E-state index contributed by atoms with van der Waals surface area (Å²) in [7, 11) is 0. The quantitative estimate of drug-likeness (QED) is 0.739. The fourth-order valence-electron chi connectivity index (χ4n) is 1.48. The fraction of sp³-hybridized carbons (Fsp3) is 0.250. The molecule has 0 saturated heterocycles. The van der Waals surface area contributed by atoms with Gasteiger partial charge in [-0.2, -0.15) is 0 Å². The molecule has 0 atom stereocenters. The van der Waals surface area contributed by atoms with Gasteiger partial charge >= 0.3 is 5.97 Å². The summed E-state index contributed by atoms with van der Waals surface area (Å²) in [5, 5.41) is 17.6. The molecular formula is C12H14FNO3. The van der Waals surface area contributed by atoms with E-state index in [9.17, 15) is 9.18 Å². The summed E-state index contributed by atoms with van der Waals surface area (Å²) in [6, 6.07) is 3.68. The number of aliphatic hydroxyl groups is 1. The van der Waals surface area contributed by atoms with Crippen molar-refractivity contribution in [1.82, 2.24) is 0 Å². The number of anilines is 1. The first kappa shape index (κ1) is 13.2. The van der Waals surface area contributed by atoms with Crippen molar-refractivity contribution in [2.75, 3.05) is 24.6 Å². The van der Waals surface area contributed by atoms with E-state index >= 15 is 0 Å². The second-order valence-electron chi connectivity index (χ2n) is 3.43. The van der Waals surface area contributed by atoms with Crippen LogP contribution in [0.5, 0.6) is 0 Å². The molecule has 2 N–H and O–H groups in total. The second kappa shape index (κ2) is 6.00. The van der Waals surface area contributed by atoms with Crippen LogP contribution < -0.4 is 4.90 Å². The van der Waals surface area contributed by atoms with Crippen LogP contribution in [-0.4, -0.2) is 35.9 Å². The lowest BCUT2D eigenvalue weighted by molar-refractivity contribution is 0.0696. The van der Waals surface area contributed by atoms with Gasteiger partial charge in [0.2, 0.25) is 0 Å². The maximum absolute atomic E-state index is 13.7. The van der Waals surface area contributed by atoms with Crippen molar-refractivity contribution >= 4 is 11.7 Å². The van der Waals surface area contributed by atoms with E-state index in [1.807, 2.05) is 0 Å². The van der Waals surface area contributed by atoms with Crippen molar-refractivity contribution in [3.63, 3.8) is 0 Å². The topological polar surface area (TPSA) is 60.8 Å². The summed E-state index contributed by atoms with van der Waals surface area (Å²) in [6.07, 6.45) is 1.58. The van der Waals surface area contributed by atoms with Crippen LogP contribution in [0.15, 0.2) is 30.9 Å². The Kier molecular flexibility index (Phi) is 4.66. The summed E-state index contributed by atoms with van der Waals surface area (Å²) in [4.78, 5) is 12.2. The van der Waals surface area contributed by atoms with E-state index in [4.69, 9.17) is 10.2 Å². The van der Waals surface area contributed by atoms with E-state index in [1.54, 1.807) is 11.0 Å². The van der Waals surface area contributed by atoms with E-state index in [0.29, 0.717) is 6.54 Å². The molecule has 0 fully saturated rings. The Balaban J connectivity index is 3.03. The number of rotatable bonds is 6. The zero-order chi connectivity index (χ0) is 12.8. The van der Waals surface area contributed by atoms with Crippen LogP contribution in [0.3, 0.4) is 0 Å². The molecule has 17 heavy (non-hydrogen) atoms. The standard InChI is InChI=1S/C12H14FNO3/c1-2-5-14(6-7-15)11-4-3-9(12(16)17)8-10(11)13/h2-4,8,15H,1,5-7H2,(H,16,17). The molecule has 92 valence electrons. The number of hydrogen-bond donors (Lipinski definition) is 2. The summed E-state index contributed by atoms with van der Waals surface area (Å²) < 4.78 is 13.7. The minimum atomic E-state index is -1.17. The van der Waals surface area contributed by atoms with Gasteiger partial charge in [-0.3, -0.25) is 0 Å². The SMILES string of the molecule is C=CCN(CCO)c1ccc(C(=O)O)cc1F. The molecule has 1 aromatic carbocycles. The number of carboxylic acid groups (broad SMARTS) is 1. The predicted octanol–water partition coefficient (Wildman–Crippen LogP) is 1.51. The summed E-state index contributed by atoms with van der Waals surface area (Å²) >= 11 is 0. The minimum absolute atomic E-state index is 0.103. The normalized spacial score (nSPS) is 10.0. The Labute approximate surface area is 98.6 Å². The van der Waals surface area contributed by atoms with Gasteiger partial charge in [-0.1, -0.05) is 6.08 Å². The molecule has 0 heterocycles. The third-order valence-corrected chi connectivity index (χ3v) is 2.25. The lowest BCUT2D eigenvalue weighted by atomic mass is 10.2. The van der Waals surface area contributed by atoms with Crippen LogP contribution in [0.4, 0.5) is 10.1 Å². The predicted molar refractivity (Wildman–Crippen MR) is 62.9 cm³/mol. The molecule has 5 heteroatoms. The number of nitrogens with zero attached hydrogens (tertiary/aromatic N) is 1. The van der Waals surface area contributed by atoms with Crippen molar-refractivity contribution in [1.29, 1.82) is 0 Å². The average molecular weight is 239 g/mol. The molecule has 0 saturated carbocycles. The van der Waals surface area contributed by atoms with Gasteiger partial charge in [-0.05, 0) is 18.2 Å². The molecule has 0 spiro atoms. The van der Waals surface area contributed by atoms with Crippen molar-refractivity contribution in [2.24, 2.45) is 0 Å². The molecule has 0 bridgehead atoms. The first-order valence-corrected chi connectivity index (χ1v) is 5.09. The van der Waals surface area contributed by atoms with Gasteiger partial charge in [-0.25, -0.2) is 9.18 Å². The number of carbonyl (C=O) groups is 1. The lowest BCUT2D eigenvalue weighted by Crippen LogP contribution is -2.27. The van der Waals surface area contributed by atoms with E-state index in [1.165, 1.54) is 12.1 Å². The average Bonchev–Trinajstić information content (AvgIpc) is 2.28. The van der Waals surface area contributed by atoms with Crippen molar-refractivity contribution in [2.45, 2.75) is 0 Å². The van der Waals surface area contributed by atoms with Crippen LogP contribution in [0.1, 0.15) is 10.4 Å². The first-order chi connectivity index (χ1) is 8.10. The highest BCUT2D eigenvalue weighted by atomic mass is 19.1. The number of hydrogen-bond acceptors (Lipinski definition) is 3. The summed E-state index contributed by atoms with van der Waals surface area (Å²) in [5.74, 6) is -1.80. The number of halogens is 1. The van der Waals surface area contributed by atoms with E-state index < -0.39 is 11.8 Å². The van der Waals surface area contributed by atoms with Crippen LogP contribution in [0.25, 0.3) is 0 Å². The molecule has 0 radical (unpaired) electrons. The highest BCUT2D eigenvalue weighted by Gasteiger charge is 2.12. The Morgan fingerprint density at radius 2 is 2.24 bits per heavy atom. The molecule has 0 aromatic heterocycles. The van der Waals surface area contributed by atoms with Crippen LogP contribution in [-0.2, 0) is 0 Å². The van der Waals surface area contributed by atoms with Gasteiger partial charge in [0.1, 0.15) is 5.82 Å². The fourth-order valence-corrected chi connectivity index (χ4v) is 1.48. The molecular weight excluding hydrogens is 225 g/mol. The van der Waals surface area contributed by atoms with Gasteiger partial charge < -0.3 is 15.1 Å². The zero-order valence-electron chi connectivity index (χ0n) is 9.27. The Bertz CT molecular complexity index is 420. The van der Waals surface area contributed by atoms with Gasteiger partial charge in [0.25, 0.3) is 0 Å². The third kappa shape index (κ3) is 3.29. The monoisotopic (exact) mass is 239 g/mol. The van der Waals surface area contributed by atoms with E-state index in [2.05, 4.69) is 6.58 Å². The van der Waals surface area contributed by atoms with Crippen molar-refractivity contribution in [3.8, 4) is 0 Å². The number of aliphatic hydroxyl groups excluding tert-OH is 1. The highest BCUT2D eigenvalue weighted by molar-refractivity contribution is 5.88. The Morgan fingerprint density at radius 3 is 2.71 bits per heavy atom. The maximum Gasteiger partial charge on any atom is 0.335 e. The lowest BCUT2D eigenvalue weighted by Gasteiger charge is -2.22. The van der Waals surface area contributed by atoms with E-state index in [-0.39, 0.29) is 24.4 Å². The van der Waals surface area contributed by atoms with Gasteiger partial charge in [-0.15, -0.1) is 6.58 Å². The van der Waals surface area contributed by atoms with Gasteiger partial charge in [0.15, 0.2) is 0 Å². The largest absolute Gasteiger partial charge is 0.478 e. The molecule has 4 nitrogen and oxygen atoms in total. The second-order valence-corrected chi connectivity index (χ2v) is 3.43. The summed E-state index contributed by atoms with van der Waals surface area (Å²) in [6.45, 7) is 4.06. The highest BCUT2D eigenvalue weighted by Crippen LogP contribution is 2.20. The molecule has 0 unspecified atom stereocenters. The number of aromatic carboxylic acids is 1. The van der Waals surface area contributed by atoms with Gasteiger partial charge in [0, 0.05) is 13.1 Å². The number of carboxylic acids is 1. The molecule has 0 amide bonds.